The van der Waals surface area contributed by atoms with Crippen molar-refractivity contribution in [3.63, 3.8) is 0 Å². The molecule has 0 aliphatic heterocycles. The molecule has 0 fully saturated rings. The lowest BCUT2D eigenvalue weighted by molar-refractivity contribution is 0.180. The molecule has 0 atom stereocenters. The van der Waals surface area contributed by atoms with Crippen molar-refractivity contribution in [2.45, 2.75) is 19.8 Å². The van der Waals surface area contributed by atoms with Crippen molar-refractivity contribution in [3.8, 4) is 0 Å². The molecule has 0 aliphatic carbocycles. The van der Waals surface area contributed by atoms with E-state index in [4.69, 9.17) is 4.74 Å². The third-order valence-corrected chi connectivity index (χ3v) is 4.96. The van der Waals surface area contributed by atoms with Gasteiger partial charge in [-0.25, -0.2) is 0 Å². The zero-order chi connectivity index (χ0) is 16.9. The van der Waals surface area contributed by atoms with E-state index in [1.54, 1.807) is 18.4 Å². The third-order valence-electron chi connectivity index (χ3n) is 3.28. The predicted octanol–water partition coefficient (Wildman–Crippen LogP) is 3.19. The van der Waals surface area contributed by atoms with Gasteiger partial charge in [-0.15, -0.1) is 35.3 Å². The van der Waals surface area contributed by atoms with Crippen LogP contribution in [0.25, 0.3) is 0 Å². The predicted molar refractivity (Wildman–Crippen MR) is 119 cm³/mol. The van der Waals surface area contributed by atoms with Crippen LogP contribution in [0, 0.1) is 0 Å². The number of hydrogen-bond acceptors (Lipinski definition) is 4. The Hall–Kier alpha value is 0.1000. The van der Waals surface area contributed by atoms with Crippen LogP contribution in [0.3, 0.4) is 0 Å². The van der Waals surface area contributed by atoms with Crippen LogP contribution < -0.4 is 10.6 Å². The first-order valence-electron chi connectivity index (χ1n) is 8.09. The van der Waals surface area contributed by atoms with Gasteiger partial charge in [-0.05, 0) is 54.9 Å². The maximum Gasteiger partial charge on any atom is 0.191 e. The molecule has 0 unspecified atom stereocenters. The number of halogens is 2. The fourth-order valence-corrected chi connectivity index (χ4v) is 3.54. The van der Waals surface area contributed by atoms with E-state index >= 15 is 0 Å². The molecule has 0 radical (unpaired) electrons. The van der Waals surface area contributed by atoms with Gasteiger partial charge in [-0.1, -0.05) is 0 Å². The molecule has 2 N–H and O–H groups in total. The molecule has 0 saturated carbocycles. The minimum absolute atomic E-state index is 0. The monoisotopic (exact) mass is 532 g/mol. The maximum absolute atomic E-state index is 5.07. The first-order valence-corrected chi connectivity index (χ1v) is 9.70. The van der Waals surface area contributed by atoms with E-state index in [2.05, 4.69) is 62.6 Å². The summed E-state index contributed by atoms with van der Waals surface area (Å²) in [5.41, 5.74) is 0. The van der Waals surface area contributed by atoms with E-state index in [0.29, 0.717) is 0 Å². The smallest absolute Gasteiger partial charge is 0.191 e. The number of rotatable bonds is 11. The molecule has 1 heterocycles. The molecular weight excluding hydrogens is 503 g/mol. The van der Waals surface area contributed by atoms with Crippen LogP contribution in [0.4, 0.5) is 0 Å². The van der Waals surface area contributed by atoms with Crippen LogP contribution in [0.15, 0.2) is 20.9 Å². The molecule has 1 rings (SSSR count). The Morgan fingerprint density at radius 2 is 2.12 bits per heavy atom. The van der Waals surface area contributed by atoms with E-state index < -0.39 is 0 Å². The zero-order valence-electron chi connectivity index (χ0n) is 14.8. The number of thiophene rings is 1. The van der Waals surface area contributed by atoms with Crippen molar-refractivity contribution in [1.82, 2.24) is 15.5 Å². The van der Waals surface area contributed by atoms with E-state index in [1.807, 2.05) is 0 Å². The fourth-order valence-electron chi connectivity index (χ4n) is 2.06. The lowest BCUT2D eigenvalue weighted by Gasteiger charge is -2.16. The van der Waals surface area contributed by atoms with Crippen LogP contribution in [0.1, 0.15) is 18.2 Å². The number of methoxy groups -OCH3 is 1. The molecule has 0 amide bonds. The number of nitrogens with zero attached hydrogens (tertiary/aromatic N) is 2. The first kappa shape index (κ1) is 24.1. The molecule has 24 heavy (non-hydrogen) atoms. The Labute approximate surface area is 175 Å². The van der Waals surface area contributed by atoms with E-state index in [9.17, 15) is 0 Å². The molecule has 1 aromatic rings. The van der Waals surface area contributed by atoms with Crippen molar-refractivity contribution in [2.24, 2.45) is 4.99 Å². The lowest BCUT2D eigenvalue weighted by atomic mass is 10.3. The Morgan fingerprint density at radius 3 is 2.75 bits per heavy atom. The molecule has 140 valence electrons. The lowest BCUT2D eigenvalue weighted by Crippen LogP contribution is -2.38. The highest BCUT2D eigenvalue weighted by Gasteiger charge is 2.01. The Balaban J connectivity index is 0.00000529. The number of aliphatic imine (C=N–C) groups is 1. The highest BCUT2D eigenvalue weighted by Crippen LogP contribution is 2.21. The summed E-state index contributed by atoms with van der Waals surface area (Å²) in [6.07, 6.45) is 2.07. The molecule has 0 saturated heterocycles. The summed E-state index contributed by atoms with van der Waals surface area (Å²) in [7, 11) is 3.87. The van der Waals surface area contributed by atoms with Crippen LogP contribution in [-0.2, 0) is 11.2 Å². The molecule has 0 aromatic carbocycles. The molecule has 0 aliphatic rings. The van der Waals surface area contributed by atoms with Crippen molar-refractivity contribution in [3.05, 3.63) is 20.8 Å². The summed E-state index contributed by atoms with van der Waals surface area (Å²) >= 11 is 5.28. The van der Waals surface area contributed by atoms with Crippen molar-refractivity contribution >= 4 is 57.2 Å². The highest BCUT2D eigenvalue weighted by molar-refractivity contribution is 14.0. The van der Waals surface area contributed by atoms with Gasteiger partial charge in [0, 0.05) is 44.8 Å². The average Bonchev–Trinajstić information content (AvgIpc) is 2.93. The van der Waals surface area contributed by atoms with E-state index in [0.717, 1.165) is 58.1 Å². The minimum Gasteiger partial charge on any atom is -0.385 e. The largest absolute Gasteiger partial charge is 0.385 e. The summed E-state index contributed by atoms with van der Waals surface area (Å²) in [5.74, 6) is 0.897. The van der Waals surface area contributed by atoms with Crippen LogP contribution in [-0.4, -0.2) is 64.3 Å². The Kier molecular flexibility index (Phi) is 15.4. The van der Waals surface area contributed by atoms with Gasteiger partial charge in [-0.2, -0.15) is 0 Å². The van der Waals surface area contributed by atoms with Crippen molar-refractivity contribution in [1.29, 1.82) is 0 Å². The second-order valence-electron chi connectivity index (χ2n) is 5.29. The van der Waals surface area contributed by atoms with Crippen LogP contribution in [0.2, 0.25) is 0 Å². The average molecular weight is 533 g/mol. The standard InChI is InChI=1S/C16H29BrN4OS.HI/c1-4-18-16(19-9-8-14-6-7-15(17)23-14)20-10-12-21(2)11-5-13-22-3;/h6-7H,4-5,8-13H2,1-3H3,(H2,18,19,20);1H. The van der Waals surface area contributed by atoms with Gasteiger partial charge in [0.15, 0.2) is 5.96 Å². The summed E-state index contributed by atoms with van der Waals surface area (Å²) in [6, 6.07) is 4.26. The quantitative estimate of drug-likeness (QED) is 0.199. The molecule has 8 heteroatoms. The summed E-state index contributed by atoms with van der Waals surface area (Å²) in [6.45, 7) is 7.46. The molecule has 0 bridgehead atoms. The van der Waals surface area contributed by atoms with E-state index in [1.165, 1.54) is 8.66 Å². The van der Waals surface area contributed by atoms with E-state index in [-0.39, 0.29) is 24.0 Å². The topological polar surface area (TPSA) is 48.9 Å². The number of guanidine groups is 1. The van der Waals surface area contributed by atoms with Gasteiger partial charge >= 0.3 is 0 Å². The first-order chi connectivity index (χ1) is 11.2. The Bertz CT molecular complexity index is 459. The second kappa shape index (κ2) is 15.4. The number of ether oxygens (including phenoxy) is 1. The summed E-state index contributed by atoms with van der Waals surface area (Å²) in [5, 5.41) is 6.69. The molecular formula is C16H30BrIN4OS. The summed E-state index contributed by atoms with van der Waals surface area (Å²) in [4.78, 5) is 8.29. The van der Waals surface area contributed by atoms with Crippen LogP contribution >= 0.6 is 51.2 Å². The highest BCUT2D eigenvalue weighted by atomic mass is 127. The van der Waals surface area contributed by atoms with Gasteiger partial charge in [0.25, 0.3) is 0 Å². The zero-order valence-corrected chi connectivity index (χ0v) is 19.5. The van der Waals surface area contributed by atoms with Gasteiger partial charge in [0.1, 0.15) is 0 Å². The minimum atomic E-state index is 0. The van der Waals surface area contributed by atoms with Gasteiger partial charge < -0.3 is 20.3 Å². The SMILES string of the molecule is CCNC(=NCCN(C)CCCOC)NCCc1ccc(Br)s1.I. The maximum atomic E-state index is 5.07. The van der Waals surface area contributed by atoms with Gasteiger partial charge in [0.05, 0.1) is 10.3 Å². The normalized spacial score (nSPS) is 11.5. The molecule has 0 spiro atoms. The number of likely N-dealkylation sites (N-methyl/N-ethyl adjacent to an activating group) is 1. The third kappa shape index (κ3) is 11.6. The summed E-state index contributed by atoms with van der Waals surface area (Å²) < 4.78 is 6.26. The number of nitrogens with one attached hydrogen (secondary N) is 2. The molecule has 5 nitrogen and oxygen atoms in total. The van der Waals surface area contributed by atoms with Crippen molar-refractivity contribution < 1.29 is 4.74 Å². The molecule has 1 aromatic heterocycles. The van der Waals surface area contributed by atoms with Crippen LogP contribution in [0.5, 0.6) is 0 Å². The van der Waals surface area contributed by atoms with Gasteiger partial charge in [0.2, 0.25) is 0 Å². The second-order valence-corrected chi connectivity index (χ2v) is 7.84. The van der Waals surface area contributed by atoms with Crippen molar-refractivity contribution in [2.75, 3.05) is 53.5 Å². The fraction of sp³-hybridized carbons (Fsp3) is 0.688. The Morgan fingerprint density at radius 1 is 1.33 bits per heavy atom. The number of hydrogen-bond donors (Lipinski definition) is 2. The van der Waals surface area contributed by atoms with Gasteiger partial charge in [-0.3, -0.25) is 4.99 Å².